The summed E-state index contributed by atoms with van der Waals surface area (Å²) < 4.78 is 0. The number of benzene rings is 2. The van der Waals surface area contributed by atoms with Crippen molar-refractivity contribution in [2.45, 2.75) is 20.3 Å². The molecule has 0 bridgehead atoms. The zero-order valence-corrected chi connectivity index (χ0v) is 18.2. The van der Waals surface area contributed by atoms with Crippen LogP contribution in [0.2, 0.25) is 0 Å². The van der Waals surface area contributed by atoms with Crippen LogP contribution >= 0.6 is 0 Å². The van der Waals surface area contributed by atoms with Crippen LogP contribution in [0, 0.1) is 13.8 Å². The van der Waals surface area contributed by atoms with Crippen LogP contribution in [0.15, 0.2) is 42.5 Å². The van der Waals surface area contributed by atoms with E-state index < -0.39 is 0 Å². The minimum Gasteiger partial charge on any atom is -0.343 e. The van der Waals surface area contributed by atoms with Gasteiger partial charge in [-0.2, -0.15) is 0 Å². The third kappa shape index (κ3) is 6.40. The Morgan fingerprint density at radius 1 is 0.933 bits per heavy atom. The normalized spacial score (nSPS) is 15.0. The van der Waals surface area contributed by atoms with Gasteiger partial charge in [0.2, 0.25) is 5.91 Å². The molecular weight excluding hydrogens is 376 g/mol. The Labute approximate surface area is 179 Å². The molecule has 1 aliphatic heterocycles. The Balaban J connectivity index is 1.41. The fourth-order valence-electron chi connectivity index (χ4n) is 3.46. The molecule has 2 N–H and O–H groups in total. The van der Waals surface area contributed by atoms with E-state index in [9.17, 15) is 9.59 Å². The van der Waals surface area contributed by atoms with Crippen molar-refractivity contribution in [3.05, 3.63) is 64.7 Å². The molecule has 2 aromatic carbocycles. The number of nitrogens with zero attached hydrogens (tertiary/aromatic N) is 2. The molecule has 6 nitrogen and oxygen atoms in total. The van der Waals surface area contributed by atoms with E-state index >= 15 is 0 Å². The summed E-state index contributed by atoms with van der Waals surface area (Å²) in [4.78, 5) is 29.3. The molecule has 2 amide bonds. The number of carbonyl (C=O) groups excluding carboxylic acids is 2. The van der Waals surface area contributed by atoms with Crippen molar-refractivity contribution in [2.75, 3.05) is 51.6 Å². The lowest BCUT2D eigenvalue weighted by atomic mass is 10.1. The SMILES string of the molecule is Cc1ccc(C(=O)NCC(=O)Nc2ccc(CCN3CCN(C)CC3)cc2)cc1C. The Morgan fingerprint density at radius 2 is 1.63 bits per heavy atom. The summed E-state index contributed by atoms with van der Waals surface area (Å²) in [6, 6.07) is 13.5. The molecule has 6 heteroatoms. The lowest BCUT2D eigenvalue weighted by molar-refractivity contribution is -0.115. The van der Waals surface area contributed by atoms with E-state index in [4.69, 9.17) is 0 Å². The maximum absolute atomic E-state index is 12.2. The fraction of sp³-hybridized carbons (Fsp3) is 0.417. The van der Waals surface area contributed by atoms with Crippen LogP contribution in [0.1, 0.15) is 27.0 Å². The molecule has 0 atom stereocenters. The van der Waals surface area contributed by atoms with Crippen molar-refractivity contribution in [2.24, 2.45) is 0 Å². The number of hydrogen-bond acceptors (Lipinski definition) is 4. The summed E-state index contributed by atoms with van der Waals surface area (Å²) >= 11 is 0. The number of nitrogens with one attached hydrogen (secondary N) is 2. The summed E-state index contributed by atoms with van der Waals surface area (Å²) in [5.74, 6) is -0.482. The molecule has 1 fully saturated rings. The summed E-state index contributed by atoms with van der Waals surface area (Å²) in [5, 5.41) is 5.51. The van der Waals surface area contributed by atoms with Crippen LogP contribution in [0.25, 0.3) is 0 Å². The maximum atomic E-state index is 12.2. The van der Waals surface area contributed by atoms with Crippen molar-refractivity contribution in [1.82, 2.24) is 15.1 Å². The van der Waals surface area contributed by atoms with Crippen molar-refractivity contribution < 1.29 is 9.59 Å². The van der Waals surface area contributed by atoms with Gasteiger partial charge in [-0.05, 0) is 68.3 Å². The smallest absolute Gasteiger partial charge is 0.251 e. The van der Waals surface area contributed by atoms with E-state index in [1.54, 1.807) is 6.07 Å². The highest BCUT2D eigenvalue weighted by atomic mass is 16.2. The molecule has 1 heterocycles. The van der Waals surface area contributed by atoms with Crippen LogP contribution in [0.4, 0.5) is 5.69 Å². The largest absolute Gasteiger partial charge is 0.343 e. The predicted octanol–water partition coefficient (Wildman–Crippen LogP) is 2.46. The number of hydrogen-bond donors (Lipinski definition) is 2. The zero-order valence-electron chi connectivity index (χ0n) is 18.2. The summed E-state index contributed by atoms with van der Waals surface area (Å²) in [6.07, 6.45) is 1.00. The number of likely N-dealkylation sites (N-methyl/N-ethyl adjacent to an activating group) is 1. The first-order valence-electron chi connectivity index (χ1n) is 10.6. The number of carbonyl (C=O) groups is 2. The highest BCUT2D eigenvalue weighted by Crippen LogP contribution is 2.12. The molecule has 0 aliphatic carbocycles. The average molecular weight is 409 g/mol. The number of amides is 2. The minimum atomic E-state index is -0.243. The van der Waals surface area contributed by atoms with Gasteiger partial charge in [-0.15, -0.1) is 0 Å². The molecule has 2 aromatic rings. The lowest BCUT2D eigenvalue weighted by Gasteiger charge is -2.32. The van der Waals surface area contributed by atoms with Crippen LogP contribution in [0.5, 0.6) is 0 Å². The van der Waals surface area contributed by atoms with Crippen molar-refractivity contribution in [3.63, 3.8) is 0 Å². The standard InChI is InChI=1S/C24H32N4O2/c1-18-4-7-21(16-19(18)2)24(30)25-17-23(29)26-22-8-5-20(6-9-22)10-11-28-14-12-27(3)13-15-28/h4-9,16H,10-15,17H2,1-3H3,(H,25,30)(H,26,29). The quantitative estimate of drug-likeness (QED) is 0.739. The van der Waals surface area contributed by atoms with Gasteiger partial charge in [0.1, 0.15) is 0 Å². The Bertz CT molecular complexity index is 871. The molecule has 1 saturated heterocycles. The summed E-state index contributed by atoms with van der Waals surface area (Å²) in [6.45, 7) is 9.48. The summed E-state index contributed by atoms with van der Waals surface area (Å²) in [7, 11) is 2.17. The molecule has 160 valence electrons. The van der Waals surface area contributed by atoms with E-state index in [0.717, 1.165) is 56.0 Å². The summed E-state index contributed by atoms with van der Waals surface area (Å²) in [5.41, 5.74) is 4.76. The third-order valence-corrected chi connectivity index (χ3v) is 5.73. The molecule has 0 aromatic heterocycles. The van der Waals surface area contributed by atoms with Crippen LogP contribution in [0.3, 0.4) is 0 Å². The van der Waals surface area contributed by atoms with Gasteiger partial charge in [0.05, 0.1) is 6.54 Å². The molecule has 30 heavy (non-hydrogen) atoms. The van der Waals surface area contributed by atoms with E-state index in [-0.39, 0.29) is 18.4 Å². The number of aryl methyl sites for hydroxylation is 2. The molecule has 0 spiro atoms. The van der Waals surface area contributed by atoms with Crippen LogP contribution in [-0.4, -0.2) is 67.9 Å². The Morgan fingerprint density at radius 3 is 2.30 bits per heavy atom. The highest BCUT2D eigenvalue weighted by Gasteiger charge is 2.13. The first-order valence-corrected chi connectivity index (χ1v) is 10.6. The number of anilines is 1. The van der Waals surface area contributed by atoms with Crippen molar-refractivity contribution in [1.29, 1.82) is 0 Å². The van der Waals surface area contributed by atoms with Gasteiger partial charge >= 0.3 is 0 Å². The van der Waals surface area contributed by atoms with E-state index in [2.05, 4.69) is 39.6 Å². The Kier molecular flexibility index (Phi) is 7.60. The van der Waals surface area contributed by atoms with E-state index in [0.29, 0.717) is 5.56 Å². The second kappa shape index (κ2) is 10.4. The zero-order chi connectivity index (χ0) is 21.5. The monoisotopic (exact) mass is 408 g/mol. The van der Waals surface area contributed by atoms with Gasteiger partial charge in [-0.3, -0.25) is 9.59 Å². The average Bonchev–Trinajstić information content (AvgIpc) is 2.74. The molecule has 0 saturated carbocycles. The first kappa shape index (κ1) is 22.0. The second-order valence-corrected chi connectivity index (χ2v) is 8.12. The van der Waals surface area contributed by atoms with Gasteiger partial charge in [-0.25, -0.2) is 0 Å². The topological polar surface area (TPSA) is 64.7 Å². The fourth-order valence-corrected chi connectivity index (χ4v) is 3.46. The molecule has 1 aliphatic rings. The van der Waals surface area contributed by atoms with Gasteiger partial charge in [-0.1, -0.05) is 18.2 Å². The highest BCUT2D eigenvalue weighted by molar-refractivity contribution is 5.99. The van der Waals surface area contributed by atoms with Gasteiger partial charge in [0.15, 0.2) is 0 Å². The molecule has 0 radical (unpaired) electrons. The van der Waals surface area contributed by atoms with Gasteiger partial charge < -0.3 is 20.4 Å². The van der Waals surface area contributed by atoms with Crippen molar-refractivity contribution in [3.8, 4) is 0 Å². The van der Waals surface area contributed by atoms with Gasteiger partial charge in [0, 0.05) is 44.0 Å². The van der Waals surface area contributed by atoms with Crippen LogP contribution in [-0.2, 0) is 11.2 Å². The van der Waals surface area contributed by atoms with E-state index in [1.165, 1.54) is 5.56 Å². The van der Waals surface area contributed by atoms with Crippen LogP contribution < -0.4 is 10.6 Å². The second-order valence-electron chi connectivity index (χ2n) is 8.12. The van der Waals surface area contributed by atoms with Crippen molar-refractivity contribution >= 4 is 17.5 Å². The molecule has 3 rings (SSSR count). The third-order valence-electron chi connectivity index (χ3n) is 5.73. The lowest BCUT2D eigenvalue weighted by Crippen LogP contribution is -2.45. The maximum Gasteiger partial charge on any atom is 0.251 e. The van der Waals surface area contributed by atoms with Gasteiger partial charge in [0.25, 0.3) is 5.91 Å². The predicted molar refractivity (Wildman–Crippen MR) is 121 cm³/mol. The number of piperazine rings is 1. The molecule has 0 unspecified atom stereocenters. The van der Waals surface area contributed by atoms with E-state index in [1.807, 2.05) is 38.1 Å². The first-order chi connectivity index (χ1) is 14.4. The molecular formula is C24H32N4O2. The minimum absolute atomic E-state index is 0.0586. The number of rotatable bonds is 7. The Hall–Kier alpha value is -2.70.